The standard InChI is InChI=1S/C12H13FN2/c1-9(15-2)3-4-10-5-6-12(13)11(7-10)8-14/h3-7,9,15H,1-2H3/b4-3+. The zero-order valence-electron chi connectivity index (χ0n) is 8.79. The van der Waals surface area contributed by atoms with E-state index in [1.807, 2.05) is 32.2 Å². The molecule has 1 N–H and O–H groups in total. The maximum atomic E-state index is 13.0. The van der Waals surface area contributed by atoms with Crippen molar-refractivity contribution in [3.05, 3.63) is 41.2 Å². The summed E-state index contributed by atoms with van der Waals surface area (Å²) in [6.07, 6.45) is 3.82. The summed E-state index contributed by atoms with van der Waals surface area (Å²) in [5, 5.41) is 11.7. The Morgan fingerprint density at radius 2 is 2.27 bits per heavy atom. The topological polar surface area (TPSA) is 35.8 Å². The molecular weight excluding hydrogens is 191 g/mol. The van der Waals surface area contributed by atoms with E-state index in [4.69, 9.17) is 5.26 Å². The lowest BCUT2D eigenvalue weighted by molar-refractivity contribution is 0.624. The summed E-state index contributed by atoms with van der Waals surface area (Å²) in [6.45, 7) is 2.01. The Labute approximate surface area is 89.0 Å². The Morgan fingerprint density at radius 3 is 2.87 bits per heavy atom. The summed E-state index contributed by atoms with van der Waals surface area (Å²) in [7, 11) is 1.86. The lowest BCUT2D eigenvalue weighted by atomic mass is 10.1. The number of rotatable bonds is 3. The van der Waals surface area contributed by atoms with Crippen molar-refractivity contribution < 1.29 is 4.39 Å². The van der Waals surface area contributed by atoms with Gasteiger partial charge in [0.15, 0.2) is 0 Å². The van der Waals surface area contributed by atoms with Crippen LogP contribution in [0.15, 0.2) is 24.3 Å². The van der Waals surface area contributed by atoms with Crippen molar-refractivity contribution >= 4 is 6.08 Å². The van der Waals surface area contributed by atoms with Crippen LogP contribution in [-0.4, -0.2) is 13.1 Å². The van der Waals surface area contributed by atoms with Gasteiger partial charge in [-0.25, -0.2) is 4.39 Å². The van der Waals surface area contributed by atoms with Gasteiger partial charge < -0.3 is 5.32 Å². The second kappa shape index (κ2) is 5.28. The Hall–Kier alpha value is -1.66. The van der Waals surface area contributed by atoms with Gasteiger partial charge in [-0.3, -0.25) is 0 Å². The normalized spacial score (nSPS) is 12.7. The van der Waals surface area contributed by atoms with Gasteiger partial charge in [-0.2, -0.15) is 5.26 Å². The highest BCUT2D eigenvalue weighted by Gasteiger charge is 2.00. The molecule has 1 rings (SSSR count). The first-order valence-electron chi connectivity index (χ1n) is 4.72. The van der Waals surface area contributed by atoms with E-state index in [-0.39, 0.29) is 11.6 Å². The fourth-order valence-electron chi connectivity index (χ4n) is 1.08. The van der Waals surface area contributed by atoms with E-state index in [1.165, 1.54) is 12.1 Å². The predicted molar refractivity (Wildman–Crippen MR) is 58.7 cm³/mol. The van der Waals surface area contributed by atoms with Crippen LogP contribution in [0, 0.1) is 17.1 Å². The minimum Gasteiger partial charge on any atom is -0.314 e. The number of likely N-dealkylation sites (N-methyl/N-ethyl adjacent to an activating group) is 1. The Kier molecular flexibility index (Phi) is 4.02. The molecule has 1 atom stereocenters. The highest BCUT2D eigenvalue weighted by atomic mass is 19.1. The largest absolute Gasteiger partial charge is 0.314 e. The van der Waals surface area contributed by atoms with Crippen molar-refractivity contribution in [2.24, 2.45) is 0 Å². The van der Waals surface area contributed by atoms with Crippen molar-refractivity contribution in [3.8, 4) is 6.07 Å². The maximum absolute atomic E-state index is 13.0. The van der Waals surface area contributed by atoms with Gasteiger partial charge in [-0.05, 0) is 31.7 Å². The molecule has 0 aliphatic heterocycles. The molecule has 0 aromatic heterocycles. The molecule has 1 aromatic carbocycles. The van der Waals surface area contributed by atoms with Gasteiger partial charge in [0.25, 0.3) is 0 Å². The van der Waals surface area contributed by atoms with Gasteiger partial charge >= 0.3 is 0 Å². The third-order valence-electron chi connectivity index (χ3n) is 2.14. The van der Waals surface area contributed by atoms with Crippen LogP contribution in [0.3, 0.4) is 0 Å². The SMILES string of the molecule is CNC(C)/C=C/c1ccc(F)c(C#N)c1. The van der Waals surface area contributed by atoms with Crippen molar-refractivity contribution in [1.29, 1.82) is 5.26 Å². The highest BCUT2D eigenvalue weighted by Crippen LogP contribution is 2.11. The molecule has 0 radical (unpaired) electrons. The van der Waals surface area contributed by atoms with Crippen molar-refractivity contribution in [1.82, 2.24) is 5.32 Å². The fraction of sp³-hybridized carbons (Fsp3) is 0.250. The molecule has 2 nitrogen and oxygen atoms in total. The molecular formula is C12H13FN2. The number of hydrogen-bond donors (Lipinski definition) is 1. The molecule has 0 saturated heterocycles. The van der Waals surface area contributed by atoms with Crippen LogP contribution in [0.2, 0.25) is 0 Å². The molecule has 0 spiro atoms. The molecule has 0 heterocycles. The van der Waals surface area contributed by atoms with Crippen LogP contribution in [0.1, 0.15) is 18.1 Å². The van der Waals surface area contributed by atoms with Gasteiger partial charge in [0.05, 0.1) is 5.56 Å². The van der Waals surface area contributed by atoms with Crippen molar-refractivity contribution in [2.75, 3.05) is 7.05 Å². The summed E-state index contributed by atoms with van der Waals surface area (Å²) < 4.78 is 13.0. The number of nitrogens with zero attached hydrogens (tertiary/aromatic N) is 1. The number of benzene rings is 1. The number of halogens is 1. The third-order valence-corrected chi connectivity index (χ3v) is 2.14. The van der Waals surface area contributed by atoms with Gasteiger partial charge in [0, 0.05) is 6.04 Å². The van der Waals surface area contributed by atoms with E-state index in [0.717, 1.165) is 5.56 Å². The summed E-state index contributed by atoms with van der Waals surface area (Å²) in [4.78, 5) is 0. The van der Waals surface area contributed by atoms with Gasteiger partial charge in [0.1, 0.15) is 11.9 Å². The van der Waals surface area contributed by atoms with Crippen LogP contribution in [-0.2, 0) is 0 Å². The quantitative estimate of drug-likeness (QED) is 0.820. The van der Waals surface area contributed by atoms with E-state index in [2.05, 4.69) is 5.32 Å². The molecule has 0 aliphatic rings. The molecule has 0 saturated carbocycles. The average molecular weight is 204 g/mol. The fourth-order valence-corrected chi connectivity index (χ4v) is 1.08. The smallest absolute Gasteiger partial charge is 0.140 e. The molecule has 0 bridgehead atoms. The lowest BCUT2D eigenvalue weighted by Gasteiger charge is -2.02. The average Bonchev–Trinajstić information content (AvgIpc) is 2.27. The first kappa shape index (κ1) is 11.4. The predicted octanol–water partition coefficient (Wildman–Crippen LogP) is 2.32. The molecule has 0 aliphatic carbocycles. The third kappa shape index (κ3) is 3.19. The summed E-state index contributed by atoms with van der Waals surface area (Å²) in [6, 6.07) is 6.55. The first-order chi connectivity index (χ1) is 7.17. The summed E-state index contributed by atoms with van der Waals surface area (Å²) in [5.74, 6) is -0.476. The molecule has 1 aromatic rings. The zero-order valence-corrected chi connectivity index (χ0v) is 8.79. The molecule has 78 valence electrons. The Morgan fingerprint density at radius 1 is 1.53 bits per heavy atom. The minimum absolute atomic E-state index is 0.0780. The highest BCUT2D eigenvalue weighted by molar-refractivity contribution is 5.53. The second-order valence-electron chi connectivity index (χ2n) is 3.29. The van der Waals surface area contributed by atoms with E-state index in [9.17, 15) is 4.39 Å². The zero-order chi connectivity index (χ0) is 11.3. The maximum Gasteiger partial charge on any atom is 0.140 e. The Bertz CT molecular complexity index is 405. The van der Waals surface area contributed by atoms with Crippen LogP contribution in [0.25, 0.3) is 6.08 Å². The second-order valence-corrected chi connectivity index (χ2v) is 3.29. The Balaban J connectivity index is 2.89. The minimum atomic E-state index is -0.476. The van der Waals surface area contributed by atoms with Crippen molar-refractivity contribution in [3.63, 3.8) is 0 Å². The van der Waals surface area contributed by atoms with E-state index in [0.29, 0.717) is 0 Å². The summed E-state index contributed by atoms with van der Waals surface area (Å²) in [5.41, 5.74) is 0.907. The number of nitriles is 1. The van der Waals surface area contributed by atoms with E-state index >= 15 is 0 Å². The van der Waals surface area contributed by atoms with Crippen LogP contribution in [0.5, 0.6) is 0 Å². The molecule has 3 heteroatoms. The first-order valence-corrected chi connectivity index (χ1v) is 4.72. The van der Waals surface area contributed by atoms with Crippen molar-refractivity contribution in [2.45, 2.75) is 13.0 Å². The molecule has 15 heavy (non-hydrogen) atoms. The van der Waals surface area contributed by atoms with E-state index in [1.54, 1.807) is 6.07 Å². The van der Waals surface area contributed by atoms with Gasteiger partial charge in [-0.1, -0.05) is 18.2 Å². The lowest BCUT2D eigenvalue weighted by Crippen LogP contribution is -2.17. The molecule has 0 fully saturated rings. The van der Waals surface area contributed by atoms with Gasteiger partial charge in [-0.15, -0.1) is 0 Å². The molecule has 1 unspecified atom stereocenters. The van der Waals surface area contributed by atoms with Crippen LogP contribution < -0.4 is 5.32 Å². The monoisotopic (exact) mass is 204 g/mol. The van der Waals surface area contributed by atoms with Gasteiger partial charge in [0.2, 0.25) is 0 Å². The van der Waals surface area contributed by atoms with E-state index < -0.39 is 5.82 Å². The summed E-state index contributed by atoms with van der Waals surface area (Å²) >= 11 is 0. The number of nitrogens with one attached hydrogen (secondary N) is 1. The van der Waals surface area contributed by atoms with Crippen LogP contribution in [0.4, 0.5) is 4.39 Å². The molecule has 0 amide bonds. The number of hydrogen-bond acceptors (Lipinski definition) is 2. The van der Waals surface area contributed by atoms with Crippen LogP contribution >= 0.6 is 0 Å².